The number of likely N-dealkylation sites (tertiary alicyclic amines) is 1. The molecule has 108 valence electrons. The normalized spacial score (nSPS) is 29.1. The first-order chi connectivity index (χ1) is 9.59. The van der Waals surface area contributed by atoms with E-state index in [0.717, 1.165) is 31.7 Å². The second-order valence-corrected chi connectivity index (χ2v) is 6.25. The molecule has 3 nitrogen and oxygen atoms in total. The Balaban J connectivity index is 1.64. The SMILES string of the molecule is CC1CCC2(CC1)CCN2C(=O)Nc1ccc(F)cc1. The third kappa shape index (κ3) is 2.39. The molecule has 1 aliphatic heterocycles. The molecule has 1 spiro atoms. The topological polar surface area (TPSA) is 32.3 Å². The van der Waals surface area contributed by atoms with Crippen molar-refractivity contribution in [2.45, 2.75) is 44.6 Å². The average Bonchev–Trinajstić information content (AvgIpc) is 2.41. The van der Waals surface area contributed by atoms with Gasteiger partial charge in [-0.25, -0.2) is 9.18 Å². The molecule has 0 radical (unpaired) electrons. The molecule has 2 fully saturated rings. The quantitative estimate of drug-likeness (QED) is 0.825. The maximum absolute atomic E-state index is 12.9. The predicted octanol–water partition coefficient (Wildman–Crippen LogP) is 4.01. The van der Waals surface area contributed by atoms with Gasteiger partial charge in [0, 0.05) is 17.8 Å². The lowest BCUT2D eigenvalue weighted by Crippen LogP contribution is -2.64. The van der Waals surface area contributed by atoms with E-state index in [4.69, 9.17) is 0 Å². The number of carbonyl (C=O) groups is 1. The van der Waals surface area contributed by atoms with E-state index in [0.29, 0.717) is 5.69 Å². The van der Waals surface area contributed by atoms with Crippen LogP contribution in [0.3, 0.4) is 0 Å². The van der Waals surface area contributed by atoms with E-state index in [9.17, 15) is 9.18 Å². The van der Waals surface area contributed by atoms with E-state index in [1.165, 1.54) is 25.0 Å². The van der Waals surface area contributed by atoms with Crippen molar-refractivity contribution in [1.82, 2.24) is 4.90 Å². The van der Waals surface area contributed by atoms with Crippen LogP contribution < -0.4 is 5.32 Å². The zero-order valence-corrected chi connectivity index (χ0v) is 11.9. The van der Waals surface area contributed by atoms with Crippen molar-refractivity contribution >= 4 is 11.7 Å². The molecular weight excluding hydrogens is 255 g/mol. The molecule has 2 aliphatic rings. The lowest BCUT2D eigenvalue weighted by atomic mass is 9.70. The van der Waals surface area contributed by atoms with Crippen molar-refractivity contribution in [1.29, 1.82) is 0 Å². The summed E-state index contributed by atoms with van der Waals surface area (Å²) in [6.45, 7) is 3.12. The third-order valence-corrected chi connectivity index (χ3v) is 4.92. The van der Waals surface area contributed by atoms with Crippen LogP contribution in [0.2, 0.25) is 0 Å². The molecule has 0 aromatic heterocycles. The number of carbonyl (C=O) groups excluding carboxylic acids is 1. The summed E-state index contributed by atoms with van der Waals surface area (Å²) in [6, 6.07) is 5.89. The molecule has 1 saturated carbocycles. The lowest BCUT2D eigenvalue weighted by molar-refractivity contribution is -0.00938. The molecule has 1 saturated heterocycles. The number of hydrogen-bond donors (Lipinski definition) is 1. The maximum atomic E-state index is 12.9. The first-order valence-electron chi connectivity index (χ1n) is 7.43. The Labute approximate surface area is 119 Å². The monoisotopic (exact) mass is 276 g/mol. The Bertz CT molecular complexity index is 492. The molecule has 1 heterocycles. The van der Waals surface area contributed by atoms with Crippen LogP contribution in [0.4, 0.5) is 14.9 Å². The molecule has 1 aliphatic carbocycles. The molecular formula is C16H21FN2O. The minimum absolute atomic E-state index is 0.0441. The van der Waals surface area contributed by atoms with Gasteiger partial charge in [-0.05, 0) is 62.3 Å². The molecule has 20 heavy (non-hydrogen) atoms. The highest BCUT2D eigenvalue weighted by atomic mass is 19.1. The minimum Gasteiger partial charge on any atom is -0.319 e. The average molecular weight is 276 g/mol. The van der Waals surface area contributed by atoms with Crippen LogP contribution >= 0.6 is 0 Å². The van der Waals surface area contributed by atoms with Crippen LogP contribution in [0.1, 0.15) is 39.0 Å². The van der Waals surface area contributed by atoms with Crippen molar-refractivity contribution in [3.05, 3.63) is 30.1 Å². The number of urea groups is 1. The summed E-state index contributed by atoms with van der Waals surface area (Å²) >= 11 is 0. The van der Waals surface area contributed by atoms with Crippen LogP contribution in [0.15, 0.2) is 24.3 Å². The Morgan fingerprint density at radius 1 is 1.25 bits per heavy atom. The second-order valence-electron chi connectivity index (χ2n) is 6.25. The summed E-state index contributed by atoms with van der Waals surface area (Å²) in [5.41, 5.74) is 0.749. The number of hydrogen-bond acceptors (Lipinski definition) is 1. The Morgan fingerprint density at radius 2 is 1.90 bits per heavy atom. The third-order valence-electron chi connectivity index (χ3n) is 4.92. The van der Waals surface area contributed by atoms with Crippen LogP contribution in [-0.4, -0.2) is 23.0 Å². The van der Waals surface area contributed by atoms with E-state index >= 15 is 0 Å². The van der Waals surface area contributed by atoms with Crippen LogP contribution in [-0.2, 0) is 0 Å². The molecule has 1 aromatic carbocycles. The molecule has 0 unspecified atom stereocenters. The highest BCUT2D eigenvalue weighted by molar-refractivity contribution is 5.90. The zero-order valence-electron chi connectivity index (χ0n) is 11.9. The van der Waals surface area contributed by atoms with Gasteiger partial charge >= 0.3 is 6.03 Å². The van der Waals surface area contributed by atoms with Crippen molar-refractivity contribution in [2.75, 3.05) is 11.9 Å². The number of anilines is 1. The fourth-order valence-corrected chi connectivity index (χ4v) is 3.40. The van der Waals surface area contributed by atoms with Gasteiger partial charge in [-0.2, -0.15) is 0 Å². The summed E-state index contributed by atoms with van der Waals surface area (Å²) in [6.07, 6.45) is 5.77. The van der Waals surface area contributed by atoms with Gasteiger partial charge in [-0.3, -0.25) is 0 Å². The minimum atomic E-state index is -0.287. The number of amides is 2. The van der Waals surface area contributed by atoms with Gasteiger partial charge in [-0.1, -0.05) is 6.92 Å². The van der Waals surface area contributed by atoms with Gasteiger partial charge in [-0.15, -0.1) is 0 Å². The smallest absolute Gasteiger partial charge is 0.319 e. The fourth-order valence-electron chi connectivity index (χ4n) is 3.40. The molecule has 1 N–H and O–H groups in total. The first-order valence-corrected chi connectivity index (χ1v) is 7.43. The summed E-state index contributed by atoms with van der Waals surface area (Å²) in [4.78, 5) is 14.3. The van der Waals surface area contributed by atoms with E-state index in [2.05, 4.69) is 12.2 Å². The van der Waals surface area contributed by atoms with E-state index < -0.39 is 0 Å². The van der Waals surface area contributed by atoms with Gasteiger partial charge in [0.25, 0.3) is 0 Å². The number of benzene rings is 1. The summed E-state index contributed by atoms with van der Waals surface area (Å²) in [5, 5.41) is 2.87. The Morgan fingerprint density at radius 3 is 2.45 bits per heavy atom. The Hall–Kier alpha value is -1.58. The lowest BCUT2D eigenvalue weighted by Gasteiger charge is -2.55. The second kappa shape index (κ2) is 5.08. The highest BCUT2D eigenvalue weighted by Gasteiger charge is 2.48. The van der Waals surface area contributed by atoms with Gasteiger partial charge < -0.3 is 10.2 Å². The molecule has 1 aromatic rings. The number of nitrogens with one attached hydrogen (secondary N) is 1. The number of nitrogens with zero attached hydrogens (tertiary/aromatic N) is 1. The van der Waals surface area contributed by atoms with E-state index in [1.807, 2.05) is 4.90 Å². The predicted molar refractivity (Wildman–Crippen MR) is 77.1 cm³/mol. The zero-order chi connectivity index (χ0) is 14.2. The van der Waals surface area contributed by atoms with Crippen molar-refractivity contribution in [3.63, 3.8) is 0 Å². The summed E-state index contributed by atoms with van der Waals surface area (Å²) in [5.74, 6) is 0.493. The van der Waals surface area contributed by atoms with E-state index in [1.54, 1.807) is 12.1 Å². The maximum Gasteiger partial charge on any atom is 0.322 e. The molecule has 4 heteroatoms. The van der Waals surface area contributed by atoms with Crippen LogP contribution in [0, 0.1) is 11.7 Å². The van der Waals surface area contributed by atoms with Crippen LogP contribution in [0.25, 0.3) is 0 Å². The molecule has 0 bridgehead atoms. The standard InChI is InChI=1S/C16H21FN2O/c1-12-6-8-16(9-7-12)10-11-19(16)15(20)18-14-4-2-13(17)3-5-14/h2-5,12H,6-11H2,1H3,(H,18,20). The molecule has 3 rings (SSSR count). The molecule has 0 atom stereocenters. The fraction of sp³-hybridized carbons (Fsp3) is 0.562. The van der Waals surface area contributed by atoms with Gasteiger partial charge in [0.05, 0.1) is 0 Å². The summed E-state index contributed by atoms with van der Waals surface area (Å²) in [7, 11) is 0. The van der Waals surface area contributed by atoms with Crippen LogP contribution in [0.5, 0.6) is 0 Å². The summed E-state index contributed by atoms with van der Waals surface area (Å²) < 4.78 is 12.9. The number of rotatable bonds is 1. The van der Waals surface area contributed by atoms with E-state index in [-0.39, 0.29) is 17.4 Å². The van der Waals surface area contributed by atoms with Gasteiger partial charge in [0.15, 0.2) is 0 Å². The largest absolute Gasteiger partial charge is 0.322 e. The Kier molecular flexibility index (Phi) is 3.40. The van der Waals surface area contributed by atoms with Gasteiger partial charge in [0.2, 0.25) is 0 Å². The number of halogens is 1. The molecule has 2 amide bonds. The van der Waals surface area contributed by atoms with Gasteiger partial charge in [0.1, 0.15) is 5.82 Å². The first kappa shape index (κ1) is 13.4. The highest BCUT2D eigenvalue weighted by Crippen LogP contribution is 2.44. The van der Waals surface area contributed by atoms with Crippen molar-refractivity contribution < 1.29 is 9.18 Å². The van der Waals surface area contributed by atoms with Crippen molar-refractivity contribution in [2.24, 2.45) is 5.92 Å². The van der Waals surface area contributed by atoms with Crippen molar-refractivity contribution in [3.8, 4) is 0 Å².